The van der Waals surface area contributed by atoms with Crippen LogP contribution in [0.25, 0.3) is 0 Å². The SMILES string of the molecule is CCC(=O)/N=C(/NC(=O)OC)SC. The number of methoxy groups -OCH3 is 1. The minimum absolute atomic E-state index is 0.249. The second kappa shape index (κ2) is 6.47. The first-order chi connectivity index (χ1) is 6.13. The van der Waals surface area contributed by atoms with Crippen LogP contribution in [-0.4, -0.2) is 30.5 Å². The van der Waals surface area contributed by atoms with Crippen LogP contribution in [0.4, 0.5) is 4.79 Å². The predicted molar refractivity (Wildman–Crippen MR) is 51.8 cm³/mol. The van der Waals surface area contributed by atoms with E-state index in [-0.39, 0.29) is 11.1 Å². The molecule has 0 aromatic rings. The van der Waals surface area contributed by atoms with Crippen molar-refractivity contribution in [2.75, 3.05) is 13.4 Å². The molecule has 0 heterocycles. The Labute approximate surface area is 80.9 Å². The lowest BCUT2D eigenvalue weighted by atomic mass is 10.5. The maximum Gasteiger partial charge on any atom is 0.412 e. The van der Waals surface area contributed by atoms with Crippen molar-refractivity contribution in [1.82, 2.24) is 5.32 Å². The summed E-state index contributed by atoms with van der Waals surface area (Å²) in [5.74, 6) is -0.277. The van der Waals surface area contributed by atoms with Gasteiger partial charge in [0.1, 0.15) is 0 Å². The van der Waals surface area contributed by atoms with E-state index in [0.717, 1.165) is 0 Å². The van der Waals surface area contributed by atoms with Crippen LogP contribution in [-0.2, 0) is 9.53 Å². The molecule has 5 nitrogen and oxygen atoms in total. The number of rotatable bonds is 1. The van der Waals surface area contributed by atoms with E-state index in [0.29, 0.717) is 6.42 Å². The maximum absolute atomic E-state index is 10.9. The van der Waals surface area contributed by atoms with Gasteiger partial charge in [-0.2, -0.15) is 4.99 Å². The van der Waals surface area contributed by atoms with Crippen LogP contribution >= 0.6 is 11.8 Å². The number of carbonyl (C=O) groups is 2. The Morgan fingerprint density at radius 1 is 1.54 bits per heavy atom. The van der Waals surface area contributed by atoms with Crippen molar-refractivity contribution in [3.63, 3.8) is 0 Å². The zero-order valence-electron chi connectivity index (χ0n) is 7.79. The summed E-state index contributed by atoms with van der Waals surface area (Å²) in [6, 6.07) is 0. The highest BCUT2D eigenvalue weighted by Crippen LogP contribution is 1.97. The molecule has 0 rings (SSSR count). The Bertz CT molecular complexity index is 228. The molecule has 0 radical (unpaired) electrons. The third kappa shape index (κ3) is 5.24. The second-order valence-corrected chi connectivity index (χ2v) is 2.78. The highest BCUT2D eigenvalue weighted by Gasteiger charge is 2.05. The van der Waals surface area contributed by atoms with Crippen molar-refractivity contribution in [2.45, 2.75) is 13.3 Å². The van der Waals surface area contributed by atoms with E-state index in [1.54, 1.807) is 13.2 Å². The standard InChI is InChI=1S/C7H12N2O3S/c1-4-5(10)8-6(13-3)9-7(11)12-2/h4H2,1-3H3,(H,8,9,10,11). The molecule has 0 saturated heterocycles. The van der Waals surface area contributed by atoms with E-state index in [2.05, 4.69) is 15.0 Å². The molecule has 0 aromatic carbocycles. The summed E-state index contributed by atoms with van der Waals surface area (Å²) in [5, 5.41) is 2.56. The third-order valence-electron chi connectivity index (χ3n) is 1.12. The van der Waals surface area contributed by atoms with Crippen LogP contribution in [0.3, 0.4) is 0 Å². The highest BCUT2D eigenvalue weighted by molar-refractivity contribution is 8.13. The molecule has 0 spiro atoms. The van der Waals surface area contributed by atoms with E-state index in [4.69, 9.17) is 0 Å². The van der Waals surface area contributed by atoms with E-state index in [9.17, 15) is 9.59 Å². The molecule has 0 aliphatic rings. The summed E-state index contributed by atoms with van der Waals surface area (Å²) in [5.41, 5.74) is 0. The first kappa shape index (κ1) is 12.0. The third-order valence-corrected chi connectivity index (χ3v) is 1.70. The fraction of sp³-hybridized carbons (Fsp3) is 0.571. The van der Waals surface area contributed by atoms with Gasteiger partial charge in [-0.1, -0.05) is 18.7 Å². The molecule has 0 saturated carbocycles. The number of carbonyl (C=O) groups excluding carboxylic acids is 2. The normalized spacial score (nSPS) is 10.8. The minimum Gasteiger partial charge on any atom is -0.453 e. The van der Waals surface area contributed by atoms with E-state index >= 15 is 0 Å². The van der Waals surface area contributed by atoms with Gasteiger partial charge in [0.05, 0.1) is 7.11 Å². The van der Waals surface area contributed by atoms with Gasteiger partial charge in [0, 0.05) is 6.42 Å². The molecule has 1 N–H and O–H groups in total. The van der Waals surface area contributed by atoms with Crippen LogP contribution in [0.1, 0.15) is 13.3 Å². The van der Waals surface area contributed by atoms with Gasteiger partial charge in [-0.25, -0.2) is 4.79 Å². The van der Waals surface area contributed by atoms with Crippen molar-refractivity contribution in [1.29, 1.82) is 0 Å². The van der Waals surface area contributed by atoms with Crippen LogP contribution in [0.15, 0.2) is 4.99 Å². The Morgan fingerprint density at radius 3 is 2.54 bits per heavy atom. The summed E-state index contributed by atoms with van der Waals surface area (Å²) in [6.45, 7) is 1.70. The number of hydrogen-bond acceptors (Lipinski definition) is 4. The van der Waals surface area contributed by atoms with Gasteiger partial charge >= 0.3 is 6.09 Å². The van der Waals surface area contributed by atoms with Gasteiger partial charge in [0.15, 0.2) is 5.17 Å². The first-order valence-corrected chi connectivity index (χ1v) is 4.87. The first-order valence-electron chi connectivity index (χ1n) is 3.64. The largest absolute Gasteiger partial charge is 0.453 e. The van der Waals surface area contributed by atoms with Gasteiger partial charge in [0.25, 0.3) is 0 Å². The summed E-state index contributed by atoms with van der Waals surface area (Å²) in [7, 11) is 1.24. The van der Waals surface area contributed by atoms with E-state index in [1.807, 2.05) is 0 Å². The number of ether oxygens (including phenoxy) is 1. The fourth-order valence-electron chi connectivity index (χ4n) is 0.455. The highest BCUT2D eigenvalue weighted by atomic mass is 32.2. The van der Waals surface area contributed by atoms with Gasteiger partial charge in [-0.3, -0.25) is 10.1 Å². The zero-order valence-corrected chi connectivity index (χ0v) is 8.60. The van der Waals surface area contributed by atoms with Crippen molar-refractivity contribution in [2.24, 2.45) is 4.99 Å². The molecule has 0 fully saturated rings. The van der Waals surface area contributed by atoms with Gasteiger partial charge in [-0.05, 0) is 6.26 Å². The number of amidine groups is 1. The second-order valence-electron chi connectivity index (χ2n) is 1.98. The molecule has 0 atom stereocenters. The quantitative estimate of drug-likeness (QED) is 0.511. The monoisotopic (exact) mass is 204 g/mol. The van der Waals surface area contributed by atoms with Gasteiger partial charge in [-0.15, -0.1) is 0 Å². The Morgan fingerprint density at radius 2 is 2.15 bits per heavy atom. The summed E-state index contributed by atoms with van der Waals surface area (Å²) in [4.78, 5) is 25.2. The van der Waals surface area contributed by atoms with Crippen LogP contribution in [0.5, 0.6) is 0 Å². The molecule has 13 heavy (non-hydrogen) atoms. The van der Waals surface area contributed by atoms with Gasteiger partial charge < -0.3 is 4.74 Å². The van der Waals surface area contributed by atoms with Crippen molar-refractivity contribution >= 4 is 28.9 Å². The van der Waals surface area contributed by atoms with Crippen LogP contribution in [0.2, 0.25) is 0 Å². The molecular weight excluding hydrogens is 192 g/mol. The molecule has 0 aliphatic heterocycles. The number of alkyl carbamates (subject to hydrolysis) is 1. The molecule has 0 aromatic heterocycles. The Balaban J connectivity index is 4.25. The average molecular weight is 204 g/mol. The minimum atomic E-state index is -0.628. The molecule has 6 heteroatoms. The topological polar surface area (TPSA) is 67.8 Å². The van der Waals surface area contributed by atoms with Crippen molar-refractivity contribution in [3.05, 3.63) is 0 Å². The average Bonchev–Trinajstić information content (AvgIpc) is 2.16. The molecule has 74 valence electrons. The number of hydrogen-bond donors (Lipinski definition) is 1. The molecular formula is C7H12N2O3S. The number of aliphatic imine (C=N–C) groups is 1. The number of nitrogens with one attached hydrogen (secondary N) is 1. The molecule has 0 aliphatic carbocycles. The fourth-order valence-corrected chi connectivity index (χ4v) is 0.834. The Hall–Kier alpha value is -1.04. The smallest absolute Gasteiger partial charge is 0.412 e. The Kier molecular flexibility index (Phi) is 5.96. The molecule has 2 amide bonds. The molecule has 0 bridgehead atoms. The maximum atomic E-state index is 10.9. The van der Waals surface area contributed by atoms with Crippen LogP contribution in [0, 0.1) is 0 Å². The lowest BCUT2D eigenvalue weighted by Gasteiger charge is -2.02. The summed E-state index contributed by atoms with van der Waals surface area (Å²) < 4.78 is 4.34. The lowest BCUT2D eigenvalue weighted by Crippen LogP contribution is -2.28. The summed E-state index contributed by atoms with van der Waals surface area (Å²) >= 11 is 1.17. The number of thioether (sulfide) groups is 1. The van der Waals surface area contributed by atoms with Crippen molar-refractivity contribution < 1.29 is 14.3 Å². The van der Waals surface area contributed by atoms with E-state index < -0.39 is 6.09 Å². The molecule has 0 unspecified atom stereocenters. The number of amides is 2. The van der Waals surface area contributed by atoms with Crippen LogP contribution < -0.4 is 5.32 Å². The lowest BCUT2D eigenvalue weighted by molar-refractivity contribution is -0.117. The summed E-state index contributed by atoms with van der Waals surface area (Å²) in [6.07, 6.45) is 1.39. The predicted octanol–water partition coefficient (Wildman–Crippen LogP) is 0.998. The van der Waals surface area contributed by atoms with Gasteiger partial charge in [0.2, 0.25) is 5.91 Å². The zero-order chi connectivity index (χ0) is 10.3. The number of nitrogens with zero attached hydrogens (tertiary/aromatic N) is 1. The van der Waals surface area contributed by atoms with E-state index in [1.165, 1.54) is 18.9 Å². The van der Waals surface area contributed by atoms with Crippen molar-refractivity contribution in [3.8, 4) is 0 Å².